The van der Waals surface area contributed by atoms with Crippen molar-refractivity contribution in [1.82, 2.24) is 5.32 Å². The minimum Gasteiger partial charge on any atom is -0.465 e. The molecular formula is C13H16ClNO4. The third kappa shape index (κ3) is 2.62. The highest BCUT2D eigenvalue weighted by Crippen LogP contribution is 2.36. The summed E-state index contributed by atoms with van der Waals surface area (Å²) in [5.74, 6) is 1.35. The van der Waals surface area contributed by atoms with Crippen LogP contribution in [0.3, 0.4) is 0 Å². The maximum Gasteiger partial charge on any atom is 0.323 e. The summed E-state index contributed by atoms with van der Waals surface area (Å²) >= 11 is 0. The van der Waals surface area contributed by atoms with Crippen molar-refractivity contribution >= 4 is 18.4 Å². The third-order valence-corrected chi connectivity index (χ3v) is 3.23. The molecule has 0 saturated carbocycles. The number of carbonyl (C=O) groups is 1. The highest BCUT2D eigenvalue weighted by Gasteiger charge is 2.27. The molecule has 0 radical (unpaired) electrons. The fourth-order valence-corrected chi connectivity index (χ4v) is 2.32. The summed E-state index contributed by atoms with van der Waals surface area (Å²) in [6.07, 6.45) is 0.630. The molecule has 1 atom stereocenters. The van der Waals surface area contributed by atoms with E-state index >= 15 is 0 Å². The first-order chi connectivity index (χ1) is 8.78. The highest BCUT2D eigenvalue weighted by molar-refractivity contribution is 5.85. The van der Waals surface area contributed by atoms with Crippen LogP contribution in [0.15, 0.2) is 12.1 Å². The molecule has 2 aliphatic heterocycles. The standard InChI is InChI=1S/C13H15NO4.ClH/c1-2-16-13(15)10-3-8-4-11-12(18-7-17-11)5-9(8)6-14-10;/h4-5,10,14H,2-3,6-7H2,1H3;1H. The van der Waals surface area contributed by atoms with Crippen molar-refractivity contribution in [1.29, 1.82) is 0 Å². The summed E-state index contributed by atoms with van der Waals surface area (Å²) < 4.78 is 15.7. The van der Waals surface area contributed by atoms with Gasteiger partial charge >= 0.3 is 5.97 Å². The largest absolute Gasteiger partial charge is 0.465 e. The van der Waals surface area contributed by atoms with E-state index in [2.05, 4.69) is 5.32 Å². The SMILES string of the molecule is CCOC(=O)C1Cc2cc3c(cc2CN1)OCO3.Cl. The number of halogens is 1. The quantitative estimate of drug-likeness (QED) is 0.833. The molecule has 2 aliphatic rings. The number of hydrogen-bond acceptors (Lipinski definition) is 5. The molecule has 0 bridgehead atoms. The lowest BCUT2D eigenvalue weighted by Gasteiger charge is -2.24. The van der Waals surface area contributed by atoms with Gasteiger partial charge in [-0.2, -0.15) is 0 Å². The van der Waals surface area contributed by atoms with Crippen LogP contribution >= 0.6 is 12.4 Å². The Kier molecular flexibility index (Phi) is 4.17. The van der Waals surface area contributed by atoms with Gasteiger partial charge in [-0.3, -0.25) is 4.79 Å². The third-order valence-electron chi connectivity index (χ3n) is 3.23. The van der Waals surface area contributed by atoms with E-state index in [0.29, 0.717) is 19.6 Å². The lowest BCUT2D eigenvalue weighted by Crippen LogP contribution is -2.42. The van der Waals surface area contributed by atoms with Crippen molar-refractivity contribution in [2.75, 3.05) is 13.4 Å². The number of rotatable bonds is 2. The smallest absolute Gasteiger partial charge is 0.323 e. The van der Waals surface area contributed by atoms with Crippen LogP contribution in [0.2, 0.25) is 0 Å². The second-order valence-electron chi connectivity index (χ2n) is 4.36. The predicted octanol–water partition coefficient (Wildman–Crippen LogP) is 1.41. The molecule has 1 aromatic carbocycles. The van der Waals surface area contributed by atoms with Crippen molar-refractivity contribution in [3.05, 3.63) is 23.3 Å². The highest BCUT2D eigenvalue weighted by atomic mass is 35.5. The molecule has 1 N–H and O–H groups in total. The zero-order chi connectivity index (χ0) is 12.5. The molecule has 0 fully saturated rings. The van der Waals surface area contributed by atoms with Gasteiger partial charge in [0, 0.05) is 6.54 Å². The summed E-state index contributed by atoms with van der Waals surface area (Å²) in [6, 6.07) is 3.68. The Morgan fingerprint density at radius 2 is 2.05 bits per heavy atom. The topological polar surface area (TPSA) is 56.8 Å². The van der Waals surface area contributed by atoms with Crippen LogP contribution in [0, 0.1) is 0 Å². The first kappa shape index (κ1) is 14.0. The lowest BCUT2D eigenvalue weighted by molar-refractivity contribution is -0.145. The van der Waals surface area contributed by atoms with Crippen LogP contribution in [-0.4, -0.2) is 25.4 Å². The van der Waals surface area contributed by atoms with Crippen LogP contribution in [0.4, 0.5) is 0 Å². The number of benzene rings is 1. The van der Waals surface area contributed by atoms with E-state index in [-0.39, 0.29) is 31.2 Å². The monoisotopic (exact) mass is 285 g/mol. The molecular weight excluding hydrogens is 270 g/mol. The first-order valence-electron chi connectivity index (χ1n) is 6.09. The number of fused-ring (bicyclic) bond motifs is 2. The molecule has 0 saturated heterocycles. The van der Waals surface area contributed by atoms with E-state index in [4.69, 9.17) is 14.2 Å². The summed E-state index contributed by atoms with van der Waals surface area (Å²) in [6.45, 7) is 3.14. The van der Waals surface area contributed by atoms with Crippen LogP contribution in [0.25, 0.3) is 0 Å². The molecule has 1 unspecified atom stereocenters. The summed E-state index contributed by atoms with van der Waals surface area (Å²) in [5.41, 5.74) is 2.27. The van der Waals surface area contributed by atoms with Crippen molar-refractivity contribution in [3.8, 4) is 11.5 Å². The molecule has 19 heavy (non-hydrogen) atoms. The number of esters is 1. The van der Waals surface area contributed by atoms with Crippen LogP contribution in [0.5, 0.6) is 11.5 Å². The zero-order valence-corrected chi connectivity index (χ0v) is 11.4. The predicted molar refractivity (Wildman–Crippen MR) is 70.8 cm³/mol. The molecule has 0 amide bonds. The number of nitrogens with one attached hydrogen (secondary N) is 1. The van der Waals surface area contributed by atoms with Gasteiger partial charge < -0.3 is 19.5 Å². The Morgan fingerprint density at radius 3 is 2.74 bits per heavy atom. The Balaban J connectivity index is 0.00000133. The minimum atomic E-state index is -0.266. The van der Waals surface area contributed by atoms with E-state index < -0.39 is 0 Å². The fourth-order valence-electron chi connectivity index (χ4n) is 2.32. The van der Waals surface area contributed by atoms with Crippen molar-refractivity contribution in [3.63, 3.8) is 0 Å². The van der Waals surface area contributed by atoms with E-state index in [1.54, 1.807) is 0 Å². The van der Waals surface area contributed by atoms with Gasteiger partial charge in [0.15, 0.2) is 11.5 Å². The van der Waals surface area contributed by atoms with E-state index in [1.807, 2.05) is 19.1 Å². The van der Waals surface area contributed by atoms with Gasteiger partial charge in [-0.05, 0) is 36.6 Å². The van der Waals surface area contributed by atoms with Crippen LogP contribution in [0.1, 0.15) is 18.1 Å². The fraction of sp³-hybridized carbons (Fsp3) is 0.462. The molecule has 104 valence electrons. The number of ether oxygens (including phenoxy) is 3. The molecule has 0 spiro atoms. The van der Waals surface area contributed by atoms with Gasteiger partial charge in [0.1, 0.15) is 6.04 Å². The van der Waals surface area contributed by atoms with Crippen molar-refractivity contribution < 1.29 is 19.0 Å². The maximum atomic E-state index is 11.7. The molecule has 3 rings (SSSR count). The van der Waals surface area contributed by atoms with Gasteiger partial charge in [0.05, 0.1) is 6.61 Å². The Morgan fingerprint density at radius 1 is 1.37 bits per heavy atom. The normalized spacial score (nSPS) is 19.3. The van der Waals surface area contributed by atoms with Gasteiger partial charge in [-0.1, -0.05) is 0 Å². The average molecular weight is 286 g/mol. The Labute approximate surface area is 117 Å². The van der Waals surface area contributed by atoms with Crippen molar-refractivity contribution in [2.24, 2.45) is 0 Å². The minimum absolute atomic E-state index is 0. The van der Waals surface area contributed by atoms with Gasteiger partial charge in [0.25, 0.3) is 0 Å². The summed E-state index contributed by atoms with van der Waals surface area (Å²) in [4.78, 5) is 11.7. The molecule has 0 aromatic heterocycles. The van der Waals surface area contributed by atoms with Crippen LogP contribution in [-0.2, 0) is 22.5 Å². The number of carbonyl (C=O) groups excluding carboxylic acids is 1. The van der Waals surface area contributed by atoms with Crippen LogP contribution < -0.4 is 14.8 Å². The number of hydrogen-bond donors (Lipinski definition) is 1. The van der Waals surface area contributed by atoms with E-state index in [0.717, 1.165) is 22.6 Å². The molecule has 2 heterocycles. The molecule has 5 nitrogen and oxygen atoms in total. The van der Waals surface area contributed by atoms with Gasteiger partial charge in [-0.25, -0.2) is 0 Å². The molecule has 6 heteroatoms. The Hall–Kier alpha value is -1.46. The maximum absolute atomic E-state index is 11.7. The van der Waals surface area contributed by atoms with E-state index in [1.165, 1.54) is 0 Å². The molecule has 1 aromatic rings. The second kappa shape index (κ2) is 5.67. The lowest BCUT2D eigenvalue weighted by atomic mass is 9.95. The summed E-state index contributed by atoms with van der Waals surface area (Å²) in [5, 5.41) is 3.18. The average Bonchev–Trinajstić information content (AvgIpc) is 2.82. The molecule has 0 aliphatic carbocycles. The van der Waals surface area contributed by atoms with E-state index in [9.17, 15) is 4.79 Å². The van der Waals surface area contributed by atoms with Gasteiger partial charge in [-0.15, -0.1) is 12.4 Å². The van der Waals surface area contributed by atoms with Crippen molar-refractivity contribution in [2.45, 2.75) is 25.9 Å². The first-order valence-corrected chi connectivity index (χ1v) is 6.09. The Bertz CT molecular complexity index is 492. The zero-order valence-electron chi connectivity index (χ0n) is 10.6. The van der Waals surface area contributed by atoms with Gasteiger partial charge in [0.2, 0.25) is 6.79 Å². The second-order valence-corrected chi connectivity index (χ2v) is 4.36. The summed E-state index contributed by atoms with van der Waals surface area (Å²) in [7, 11) is 0.